The van der Waals surface area contributed by atoms with Crippen LogP contribution in [0.4, 0.5) is 5.13 Å². The predicted molar refractivity (Wildman–Crippen MR) is 97.5 cm³/mol. The lowest BCUT2D eigenvalue weighted by Crippen LogP contribution is -2.34. The van der Waals surface area contributed by atoms with E-state index in [0.29, 0.717) is 5.13 Å². The second kappa shape index (κ2) is 11.2. The number of likely N-dealkylation sites (tertiary alicyclic amines) is 1. The number of piperidine rings is 1. The third-order valence-electron chi connectivity index (χ3n) is 3.73. The minimum atomic E-state index is -0.0590. The van der Waals surface area contributed by atoms with E-state index >= 15 is 0 Å². The van der Waals surface area contributed by atoms with Gasteiger partial charge in [-0.25, -0.2) is 4.98 Å². The molecule has 1 aliphatic rings. The predicted octanol–water partition coefficient (Wildman–Crippen LogP) is 2.77. The van der Waals surface area contributed by atoms with Crippen LogP contribution in [0.1, 0.15) is 31.9 Å². The number of nitrogens with zero attached hydrogens (tertiary/aromatic N) is 2. The largest absolute Gasteiger partial charge is 0.320 e. The molecular weight excluding hydrogens is 343 g/mol. The zero-order chi connectivity index (χ0) is 14.4. The Morgan fingerprint density at radius 3 is 2.68 bits per heavy atom. The minimum Gasteiger partial charge on any atom is -0.320 e. The van der Waals surface area contributed by atoms with E-state index in [1.807, 2.05) is 12.4 Å². The van der Waals surface area contributed by atoms with Crippen molar-refractivity contribution >= 4 is 47.2 Å². The van der Waals surface area contributed by atoms with Crippen molar-refractivity contribution in [1.29, 1.82) is 0 Å². The molecule has 8 heteroatoms. The van der Waals surface area contributed by atoms with Crippen molar-refractivity contribution in [2.24, 2.45) is 5.92 Å². The monoisotopic (exact) mass is 368 g/mol. The number of halogens is 2. The lowest BCUT2D eigenvalue weighted by Gasteiger charge is -2.31. The Hall–Kier alpha value is -0.400. The molecule has 1 aromatic heterocycles. The average molecular weight is 369 g/mol. The molecule has 5 nitrogen and oxygen atoms in total. The van der Waals surface area contributed by atoms with Gasteiger partial charge in [0.25, 0.3) is 0 Å². The summed E-state index contributed by atoms with van der Waals surface area (Å²) >= 11 is 1.50. The fourth-order valence-corrected chi connectivity index (χ4v) is 3.35. The average Bonchev–Trinajstić information content (AvgIpc) is 2.84. The number of hydrogen-bond donors (Lipinski definition) is 2. The lowest BCUT2D eigenvalue weighted by atomic mass is 9.93. The Labute approximate surface area is 149 Å². The number of carbonyl (C=O) groups excluding carboxylic acids is 1. The van der Waals surface area contributed by atoms with Crippen molar-refractivity contribution in [2.75, 3.05) is 32.0 Å². The van der Waals surface area contributed by atoms with E-state index in [-0.39, 0.29) is 30.7 Å². The van der Waals surface area contributed by atoms with E-state index in [2.05, 4.69) is 20.5 Å². The molecule has 0 atom stereocenters. The molecule has 22 heavy (non-hydrogen) atoms. The summed E-state index contributed by atoms with van der Waals surface area (Å²) in [6, 6.07) is 0. The van der Waals surface area contributed by atoms with Crippen LogP contribution < -0.4 is 10.6 Å². The molecule has 1 aromatic rings. The summed E-state index contributed by atoms with van der Waals surface area (Å²) < 4.78 is 0. The Bertz CT molecular complexity index is 436. The zero-order valence-corrected chi connectivity index (χ0v) is 15.6. The van der Waals surface area contributed by atoms with Gasteiger partial charge >= 0.3 is 0 Å². The third-order valence-corrected chi connectivity index (χ3v) is 4.54. The highest BCUT2D eigenvalue weighted by atomic mass is 35.5. The standard InChI is InChI=1S/C14H24N4OS.2ClH/c1-11(19)16-14-17-13(10-20-14)9-18-7-4-12(5-8-18)3-6-15-2;;/h10,12,15H,3-9H2,1-2H3,(H,16,17,19);2*1H. The summed E-state index contributed by atoms with van der Waals surface area (Å²) in [5.74, 6) is 0.806. The number of aromatic nitrogens is 1. The molecule has 2 N–H and O–H groups in total. The van der Waals surface area contributed by atoms with E-state index in [0.717, 1.165) is 37.8 Å². The highest BCUT2D eigenvalue weighted by Gasteiger charge is 2.19. The van der Waals surface area contributed by atoms with Gasteiger partial charge in [0, 0.05) is 18.8 Å². The van der Waals surface area contributed by atoms with Crippen LogP contribution in [0.15, 0.2) is 5.38 Å². The van der Waals surface area contributed by atoms with Gasteiger partial charge in [0.2, 0.25) is 5.91 Å². The van der Waals surface area contributed by atoms with Gasteiger partial charge in [-0.15, -0.1) is 36.2 Å². The Kier molecular flexibility index (Phi) is 11.0. The normalized spacial score (nSPS) is 15.7. The number of thiazole rings is 1. The van der Waals surface area contributed by atoms with Crippen molar-refractivity contribution in [3.8, 4) is 0 Å². The first-order valence-electron chi connectivity index (χ1n) is 7.26. The fraction of sp³-hybridized carbons (Fsp3) is 0.714. The topological polar surface area (TPSA) is 57.3 Å². The van der Waals surface area contributed by atoms with Gasteiger partial charge in [-0.05, 0) is 51.9 Å². The first-order chi connectivity index (χ1) is 9.67. The molecule has 1 amide bonds. The fourth-order valence-electron chi connectivity index (χ4n) is 2.60. The number of hydrogen-bond acceptors (Lipinski definition) is 5. The first kappa shape index (κ1) is 21.6. The van der Waals surface area contributed by atoms with Crippen molar-refractivity contribution < 1.29 is 4.79 Å². The van der Waals surface area contributed by atoms with Gasteiger partial charge < -0.3 is 10.6 Å². The maximum Gasteiger partial charge on any atom is 0.223 e. The molecule has 0 radical (unpaired) electrons. The van der Waals surface area contributed by atoms with Gasteiger partial charge in [-0.2, -0.15) is 0 Å². The smallest absolute Gasteiger partial charge is 0.223 e. The molecule has 0 bridgehead atoms. The zero-order valence-electron chi connectivity index (χ0n) is 13.1. The summed E-state index contributed by atoms with van der Waals surface area (Å²) in [6.07, 6.45) is 3.85. The van der Waals surface area contributed by atoms with Crippen LogP contribution >= 0.6 is 36.2 Å². The molecule has 0 aliphatic carbocycles. The van der Waals surface area contributed by atoms with Crippen LogP contribution in [0.3, 0.4) is 0 Å². The number of anilines is 1. The Morgan fingerprint density at radius 1 is 1.41 bits per heavy atom. The van der Waals surface area contributed by atoms with Crippen LogP contribution in [0.5, 0.6) is 0 Å². The van der Waals surface area contributed by atoms with Crippen LogP contribution in [-0.2, 0) is 11.3 Å². The highest BCUT2D eigenvalue weighted by Crippen LogP contribution is 2.22. The highest BCUT2D eigenvalue weighted by molar-refractivity contribution is 7.13. The van der Waals surface area contributed by atoms with Crippen molar-refractivity contribution in [3.63, 3.8) is 0 Å². The van der Waals surface area contributed by atoms with Crippen molar-refractivity contribution in [2.45, 2.75) is 32.7 Å². The van der Waals surface area contributed by atoms with E-state index in [9.17, 15) is 4.79 Å². The molecule has 1 aliphatic heterocycles. The number of nitrogens with one attached hydrogen (secondary N) is 2. The van der Waals surface area contributed by atoms with E-state index in [1.54, 1.807) is 0 Å². The molecule has 1 saturated heterocycles. The van der Waals surface area contributed by atoms with E-state index < -0.39 is 0 Å². The quantitative estimate of drug-likeness (QED) is 0.810. The van der Waals surface area contributed by atoms with Gasteiger partial charge in [-0.3, -0.25) is 9.69 Å². The molecule has 128 valence electrons. The number of carbonyl (C=O) groups is 1. The summed E-state index contributed by atoms with van der Waals surface area (Å²) in [7, 11) is 2.02. The number of rotatable bonds is 6. The minimum absolute atomic E-state index is 0. The molecule has 0 unspecified atom stereocenters. The molecule has 1 fully saturated rings. The van der Waals surface area contributed by atoms with Gasteiger partial charge in [0.05, 0.1) is 5.69 Å². The SMILES string of the molecule is CNCCC1CCN(Cc2csc(NC(C)=O)n2)CC1.Cl.Cl. The van der Waals surface area contributed by atoms with Crippen LogP contribution in [0, 0.1) is 5.92 Å². The summed E-state index contributed by atoms with van der Waals surface area (Å²) in [4.78, 5) is 17.9. The summed E-state index contributed by atoms with van der Waals surface area (Å²) in [5.41, 5.74) is 1.06. The lowest BCUT2D eigenvalue weighted by molar-refractivity contribution is -0.114. The van der Waals surface area contributed by atoms with Gasteiger partial charge in [0.1, 0.15) is 0 Å². The molecule has 0 spiro atoms. The maximum absolute atomic E-state index is 11.0. The second-order valence-electron chi connectivity index (χ2n) is 5.44. The Morgan fingerprint density at radius 2 is 2.09 bits per heavy atom. The molecule has 2 heterocycles. The molecule has 2 rings (SSSR count). The maximum atomic E-state index is 11.0. The van der Waals surface area contributed by atoms with Crippen molar-refractivity contribution in [3.05, 3.63) is 11.1 Å². The van der Waals surface area contributed by atoms with Crippen molar-refractivity contribution in [1.82, 2.24) is 15.2 Å². The Balaban J connectivity index is 0.00000220. The third kappa shape index (κ3) is 7.24. The van der Waals surface area contributed by atoms with Crippen LogP contribution in [-0.4, -0.2) is 42.5 Å². The van der Waals surface area contributed by atoms with Crippen LogP contribution in [0.2, 0.25) is 0 Å². The van der Waals surface area contributed by atoms with Gasteiger partial charge in [-0.1, -0.05) is 0 Å². The van der Waals surface area contributed by atoms with Gasteiger partial charge in [0.15, 0.2) is 5.13 Å². The second-order valence-corrected chi connectivity index (χ2v) is 6.30. The summed E-state index contributed by atoms with van der Waals surface area (Å²) in [6.45, 7) is 5.84. The molecular formula is C14H26Cl2N4OS. The number of amides is 1. The molecule has 0 saturated carbocycles. The van der Waals surface area contributed by atoms with E-state index in [4.69, 9.17) is 0 Å². The summed E-state index contributed by atoms with van der Waals surface area (Å²) in [5, 5.41) is 8.71. The van der Waals surface area contributed by atoms with Crippen LogP contribution in [0.25, 0.3) is 0 Å². The first-order valence-corrected chi connectivity index (χ1v) is 8.14. The molecule has 0 aromatic carbocycles. The van der Waals surface area contributed by atoms with E-state index in [1.165, 1.54) is 37.5 Å².